The number of carbonyl (C=O) groups excluding carboxylic acids is 3. The number of amides is 2. The van der Waals surface area contributed by atoms with Crippen molar-refractivity contribution in [3.05, 3.63) is 29.3 Å². The van der Waals surface area contributed by atoms with E-state index < -0.39 is 42.7 Å². The summed E-state index contributed by atoms with van der Waals surface area (Å²) < 4.78 is 43.7. The average molecular weight is 426 g/mol. The largest absolute Gasteiger partial charge is 0.399 e. The molecule has 1 atom stereocenters. The number of halogens is 3. The number of nitrogens with zero attached hydrogens (tertiary/aromatic N) is 1. The van der Waals surface area contributed by atoms with Crippen molar-refractivity contribution < 1.29 is 32.3 Å². The molecule has 0 radical (unpaired) electrons. The number of imide groups is 1. The van der Waals surface area contributed by atoms with Crippen LogP contribution in [0.3, 0.4) is 0 Å². The molecule has 0 saturated heterocycles. The zero-order valence-corrected chi connectivity index (χ0v) is 16.8. The average Bonchev–Trinajstić information content (AvgIpc) is 3.46. The van der Waals surface area contributed by atoms with Crippen LogP contribution in [0, 0.1) is 5.92 Å². The van der Waals surface area contributed by atoms with E-state index in [0.717, 1.165) is 24.7 Å². The molecule has 0 unspecified atom stereocenters. The minimum Gasteiger partial charge on any atom is -0.399 e. The third kappa shape index (κ3) is 4.83. The van der Waals surface area contributed by atoms with Crippen LogP contribution in [0.5, 0.6) is 0 Å². The van der Waals surface area contributed by atoms with Gasteiger partial charge in [-0.15, -0.1) is 0 Å². The Morgan fingerprint density at radius 2 is 2.00 bits per heavy atom. The van der Waals surface area contributed by atoms with Gasteiger partial charge in [-0.2, -0.15) is 13.2 Å². The van der Waals surface area contributed by atoms with Crippen LogP contribution in [-0.4, -0.2) is 48.4 Å². The molecular formula is C21H25F3N2O4. The maximum Gasteiger partial charge on any atom is 0.391 e. The minimum absolute atomic E-state index is 0.0850. The fourth-order valence-electron chi connectivity index (χ4n) is 3.61. The zero-order chi connectivity index (χ0) is 22.1. The fraction of sp³-hybridized carbons (Fsp3) is 0.571. The molecule has 164 valence electrons. The lowest BCUT2D eigenvalue weighted by Gasteiger charge is -2.27. The van der Waals surface area contributed by atoms with Crippen molar-refractivity contribution in [2.45, 2.75) is 50.6 Å². The van der Waals surface area contributed by atoms with Gasteiger partial charge in [-0.1, -0.05) is 6.92 Å². The van der Waals surface area contributed by atoms with Crippen LogP contribution < -0.4 is 5.73 Å². The van der Waals surface area contributed by atoms with E-state index in [-0.39, 0.29) is 30.4 Å². The number of Topliss-reactive ketones (excluding diaryl/α,β-unsaturated/α-hetero) is 1. The Kier molecular flexibility index (Phi) is 6.21. The molecule has 2 N–H and O–H groups in total. The summed E-state index contributed by atoms with van der Waals surface area (Å²) in [6, 6.07) is 4.78. The maximum absolute atomic E-state index is 13.2. The summed E-state index contributed by atoms with van der Waals surface area (Å²) in [5.74, 6) is -3.45. The lowest BCUT2D eigenvalue weighted by Crippen LogP contribution is -2.42. The van der Waals surface area contributed by atoms with Crippen molar-refractivity contribution in [2.24, 2.45) is 5.92 Å². The third-order valence-electron chi connectivity index (χ3n) is 5.83. The van der Waals surface area contributed by atoms with E-state index in [1.807, 2.05) is 0 Å². The second-order valence-electron chi connectivity index (χ2n) is 8.19. The minimum atomic E-state index is -4.39. The summed E-state index contributed by atoms with van der Waals surface area (Å²) in [6.07, 6.45) is -3.60. The van der Waals surface area contributed by atoms with Crippen molar-refractivity contribution in [1.29, 1.82) is 0 Å². The van der Waals surface area contributed by atoms with E-state index in [1.165, 1.54) is 6.07 Å². The van der Waals surface area contributed by atoms with Gasteiger partial charge < -0.3 is 10.5 Å². The van der Waals surface area contributed by atoms with Crippen LogP contribution in [0.2, 0.25) is 0 Å². The molecule has 1 fully saturated rings. The topological polar surface area (TPSA) is 89.7 Å². The monoisotopic (exact) mass is 426 g/mol. The van der Waals surface area contributed by atoms with Crippen molar-refractivity contribution in [3.8, 4) is 0 Å². The summed E-state index contributed by atoms with van der Waals surface area (Å²) in [5.41, 5.74) is 7.00. The number of fused-ring (bicyclic) bond motifs is 2. The van der Waals surface area contributed by atoms with Gasteiger partial charge in [0, 0.05) is 23.1 Å². The van der Waals surface area contributed by atoms with Gasteiger partial charge in [-0.25, -0.2) is 0 Å². The van der Waals surface area contributed by atoms with E-state index in [0.29, 0.717) is 17.9 Å². The number of alkyl halides is 3. The predicted octanol–water partition coefficient (Wildman–Crippen LogP) is 3.24. The Labute approximate surface area is 172 Å². The van der Waals surface area contributed by atoms with Crippen molar-refractivity contribution >= 4 is 23.3 Å². The number of nitrogen functional groups attached to an aromatic ring is 1. The number of hydrogen-bond acceptors (Lipinski definition) is 5. The quantitative estimate of drug-likeness (QED) is 0.577. The Hall–Kier alpha value is -2.42. The maximum atomic E-state index is 13.2. The standard InChI is InChI=1S/C21H25F3N2O4/c1-13(21(22,23)24)2-4-15(27)11-26-18(28)6-9-30-12-20(7-8-20)17-10-14(25)3-5-16(17)19(26)29/h3,5,10,13H,2,4,6-9,11-12,25H2,1H3/t13-/m1/s1. The molecule has 1 aromatic carbocycles. The molecule has 1 heterocycles. The highest BCUT2D eigenvalue weighted by atomic mass is 19.4. The van der Waals surface area contributed by atoms with Gasteiger partial charge in [0.2, 0.25) is 5.91 Å². The van der Waals surface area contributed by atoms with Gasteiger partial charge in [0.05, 0.1) is 32.1 Å². The third-order valence-corrected chi connectivity index (χ3v) is 5.83. The van der Waals surface area contributed by atoms with E-state index in [9.17, 15) is 27.6 Å². The molecular weight excluding hydrogens is 401 g/mol. The summed E-state index contributed by atoms with van der Waals surface area (Å²) in [6.45, 7) is 0.916. The first-order valence-corrected chi connectivity index (χ1v) is 9.94. The van der Waals surface area contributed by atoms with Crippen molar-refractivity contribution in [2.75, 3.05) is 25.5 Å². The van der Waals surface area contributed by atoms with Crippen LogP contribution in [0.4, 0.5) is 18.9 Å². The zero-order valence-electron chi connectivity index (χ0n) is 16.8. The number of anilines is 1. The molecule has 0 bridgehead atoms. The summed E-state index contributed by atoms with van der Waals surface area (Å²) in [4.78, 5) is 39.0. The first-order valence-electron chi connectivity index (χ1n) is 9.94. The molecule has 1 saturated carbocycles. The number of hydrogen-bond donors (Lipinski definition) is 1. The molecule has 1 aromatic rings. The number of benzene rings is 1. The lowest BCUT2D eigenvalue weighted by atomic mass is 9.90. The van der Waals surface area contributed by atoms with Crippen LogP contribution in [0.15, 0.2) is 18.2 Å². The van der Waals surface area contributed by atoms with Crippen LogP contribution >= 0.6 is 0 Å². The Bertz CT molecular complexity index is 849. The molecule has 1 aliphatic heterocycles. The summed E-state index contributed by atoms with van der Waals surface area (Å²) in [5, 5.41) is 0. The fourth-order valence-corrected chi connectivity index (χ4v) is 3.61. The molecule has 2 amide bonds. The Morgan fingerprint density at radius 3 is 2.63 bits per heavy atom. The number of rotatable bonds is 5. The van der Waals surface area contributed by atoms with Gasteiger partial charge in [0.25, 0.3) is 5.91 Å². The Morgan fingerprint density at radius 1 is 1.30 bits per heavy atom. The molecule has 1 spiro atoms. The van der Waals surface area contributed by atoms with Gasteiger partial charge in [0.1, 0.15) is 0 Å². The van der Waals surface area contributed by atoms with Crippen LogP contribution in [0.1, 0.15) is 54.9 Å². The van der Waals surface area contributed by atoms with Gasteiger partial charge in [-0.05, 0) is 43.0 Å². The summed E-state index contributed by atoms with van der Waals surface area (Å²) in [7, 11) is 0. The predicted molar refractivity (Wildman–Crippen MR) is 103 cm³/mol. The van der Waals surface area contributed by atoms with E-state index in [2.05, 4.69) is 0 Å². The van der Waals surface area contributed by atoms with E-state index >= 15 is 0 Å². The molecule has 6 nitrogen and oxygen atoms in total. The SMILES string of the molecule is C[C@H](CCC(=O)CN1C(=O)CCOCC2(CC2)c2cc(N)ccc2C1=O)C(F)(F)F. The van der Waals surface area contributed by atoms with Gasteiger partial charge in [-0.3, -0.25) is 19.3 Å². The molecule has 3 rings (SSSR count). The molecule has 1 aliphatic carbocycles. The highest BCUT2D eigenvalue weighted by Gasteiger charge is 2.47. The molecule has 30 heavy (non-hydrogen) atoms. The molecule has 9 heteroatoms. The summed E-state index contributed by atoms with van der Waals surface area (Å²) >= 11 is 0. The number of nitrogens with two attached hydrogens (primary N) is 1. The highest BCUT2D eigenvalue weighted by molar-refractivity contribution is 6.08. The second-order valence-corrected chi connectivity index (χ2v) is 8.19. The lowest BCUT2D eigenvalue weighted by molar-refractivity contribution is -0.171. The van der Waals surface area contributed by atoms with Crippen LogP contribution in [0.25, 0.3) is 0 Å². The number of carbonyl (C=O) groups is 3. The van der Waals surface area contributed by atoms with Gasteiger partial charge >= 0.3 is 6.18 Å². The second kappa shape index (κ2) is 8.37. The highest BCUT2D eigenvalue weighted by Crippen LogP contribution is 2.50. The molecule has 0 aromatic heterocycles. The normalized spacial score (nSPS) is 20.1. The van der Waals surface area contributed by atoms with Gasteiger partial charge in [0.15, 0.2) is 5.78 Å². The number of ketones is 1. The smallest absolute Gasteiger partial charge is 0.391 e. The Balaban J connectivity index is 1.82. The molecule has 2 aliphatic rings. The van der Waals surface area contributed by atoms with E-state index in [1.54, 1.807) is 12.1 Å². The van der Waals surface area contributed by atoms with E-state index in [4.69, 9.17) is 10.5 Å². The number of ether oxygens (including phenoxy) is 1. The van der Waals surface area contributed by atoms with Crippen molar-refractivity contribution in [1.82, 2.24) is 4.90 Å². The van der Waals surface area contributed by atoms with Crippen LogP contribution in [-0.2, 0) is 19.7 Å². The first-order chi connectivity index (χ1) is 14.0. The first kappa shape index (κ1) is 22.3. The van der Waals surface area contributed by atoms with Crippen molar-refractivity contribution in [3.63, 3.8) is 0 Å².